The standard InChI is InChI=1S/C13H20O2/c1-2-12(8-6-7-11-14)15-13-9-4-3-5-10-13/h3-5,9-10,12,14H,2,6-8,11H2,1H3. The van der Waals surface area contributed by atoms with E-state index >= 15 is 0 Å². The molecule has 1 atom stereocenters. The number of hydrogen-bond acceptors (Lipinski definition) is 2. The van der Waals surface area contributed by atoms with Crippen LogP contribution in [-0.4, -0.2) is 17.8 Å². The van der Waals surface area contributed by atoms with Crippen LogP contribution in [0.2, 0.25) is 0 Å². The van der Waals surface area contributed by atoms with Gasteiger partial charge in [0.1, 0.15) is 5.75 Å². The summed E-state index contributed by atoms with van der Waals surface area (Å²) in [5.41, 5.74) is 0. The zero-order valence-corrected chi connectivity index (χ0v) is 9.36. The average molecular weight is 208 g/mol. The Hall–Kier alpha value is -1.02. The minimum Gasteiger partial charge on any atom is -0.490 e. The van der Waals surface area contributed by atoms with Gasteiger partial charge in [-0.2, -0.15) is 0 Å². The van der Waals surface area contributed by atoms with Crippen LogP contribution in [0, 0.1) is 0 Å². The highest BCUT2D eigenvalue weighted by Gasteiger charge is 2.06. The SMILES string of the molecule is CCC(CCCCO)Oc1ccccc1. The van der Waals surface area contributed by atoms with E-state index in [9.17, 15) is 0 Å². The van der Waals surface area contributed by atoms with Crippen molar-refractivity contribution >= 4 is 0 Å². The Morgan fingerprint density at radius 3 is 2.53 bits per heavy atom. The predicted molar refractivity (Wildman–Crippen MR) is 62.1 cm³/mol. The first-order valence-electron chi connectivity index (χ1n) is 5.69. The number of unbranched alkanes of at least 4 members (excludes halogenated alkanes) is 1. The summed E-state index contributed by atoms with van der Waals surface area (Å²) in [7, 11) is 0. The first-order valence-corrected chi connectivity index (χ1v) is 5.69. The van der Waals surface area contributed by atoms with Gasteiger partial charge >= 0.3 is 0 Å². The molecule has 0 heterocycles. The van der Waals surface area contributed by atoms with Crippen LogP contribution in [0.15, 0.2) is 30.3 Å². The van der Waals surface area contributed by atoms with E-state index in [1.54, 1.807) is 0 Å². The van der Waals surface area contributed by atoms with Gasteiger partial charge in [0.05, 0.1) is 6.10 Å². The second-order valence-electron chi connectivity index (χ2n) is 3.68. The molecule has 1 aromatic carbocycles. The fraction of sp³-hybridized carbons (Fsp3) is 0.538. The second kappa shape index (κ2) is 7.30. The molecule has 0 aliphatic rings. The van der Waals surface area contributed by atoms with Crippen LogP contribution < -0.4 is 4.74 Å². The Morgan fingerprint density at radius 1 is 1.20 bits per heavy atom. The first kappa shape index (κ1) is 12.1. The number of aliphatic hydroxyl groups is 1. The van der Waals surface area contributed by atoms with Crippen molar-refractivity contribution in [3.05, 3.63) is 30.3 Å². The molecule has 0 saturated heterocycles. The van der Waals surface area contributed by atoms with Gasteiger partial charge in [0, 0.05) is 6.61 Å². The quantitative estimate of drug-likeness (QED) is 0.698. The Labute approximate surface area is 91.9 Å². The molecule has 0 aliphatic heterocycles. The van der Waals surface area contributed by atoms with Gasteiger partial charge in [-0.05, 0) is 37.8 Å². The van der Waals surface area contributed by atoms with Crippen LogP contribution in [0.4, 0.5) is 0 Å². The number of rotatable bonds is 7. The van der Waals surface area contributed by atoms with Crippen molar-refractivity contribution in [2.45, 2.75) is 38.7 Å². The lowest BCUT2D eigenvalue weighted by Crippen LogP contribution is -2.15. The van der Waals surface area contributed by atoms with Gasteiger partial charge in [-0.1, -0.05) is 25.1 Å². The summed E-state index contributed by atoms with van der Waals surface area (Å²) < 4.78 is 5.83. The second-order valence-corrected chi connectivity index (χ2v) is 3.68. The van der Waals surface area contributed by atoms with Gasteiger partial charge in [0.25, 0.3) is 0 Å². The number of benzene rings is 1. The fourth-order valence-corrected chi connectivity index (χ4v) is 1.52. The third kappa shape index (κ3) is 4.84. The Balaban J connectivity index is 2.33. The molecule has 0 saturated carbocycles. The molecule has 0 spiro atoms. The van der Waals surface area contributed by atoms with Gasteiger partial charge in [-0.15, -0.1) is 0 Å². The molecule has 0 aliphatic carbocycles. The van der Waals surface area contributed by atoms with Crippen molar-refractivity contribution in [3.63, 3.8) is 0 Å². The molecule has 2 heteroatoms. The zero-order chi connectivity index (χ0) is 10.9. The minimum absolute atomic E-state index is 0.277. The molecular weight excluding hydrogens is 188 g/mol. The molecule has 1 aromatic rings. The highest BCUT2D eigenvalue weighted by atomic mass is 16.5. The van der Waals surface area contributed by atoms with Gasteiger partial charge in [0.15, 0.2) is 0 Å². The van der Waals surface area contributed by atoms with E-state index in [2.05, 4.69) is 6.92 Å². The molecule has 1 N–H and O–H groups in total. The smallest absolute Gasteiger partial charge is 0.119 e. The Morgan fingerprint density at radius 2 is 1.93 bits per heavy atom. The molecule has 0 amide bonds. The van der Waals surface area contributed by atoms with Gasteiger partial charge in [0.2, 0.25) is 0 Å². The third-order valence-electron chi connectivity index (χ3n) is 2.44. The third-order valence-corrected chi connectivity index (χ3v) is 2.44. The van der Waals surface area contributed by atoms with Crippen LogP contribution >= 0.6 is 0 Å². The Kier molecular flexibility index (Phi) is 5.86. The average Bonchev–Trinajstić information content (AvgIpc) is 2.29. The molecule has 0 bridgehead atoms. The van der Waals surface area contributed by atoms with E-state index in [0.29, 0.717) is 0 Å². The summed E-state index contributed by atoms with van der Waals surface area (Å²) in [6.07, 6.45) is 4.21. The summed E-state index contributed by atoms with van der Waals surface area (Å²) in [6.45, 7) is 2.41. The monoisotopic (exact) mass is 208 g/mol. The number of ether oxygens (including phenoxy) is 1. The highest BCUT2D eigenvalue weighted by molar-refractivity contribution is 5.21. The van der Waals surface area contributed by atoms with Crippen molar-refractivity contribution in [1.29, 1.82) is 0 Å². The summed E-state index contributed by atoms with van der Waals surface area (Å²) >= 11 is 0. The lowest BCUT2D eigenvalue weighted by atomic mass is 10.1. The molecular formula is C13H20O2. The van der Waals surface area contributed by atoms with E-state index in [1.165, 1.54) is 0 Å². The maximum atomic E-state index is 8.70. The Bertz CT molecular complexity index is 246. The molecule has 0 radical (unpaired) electrons. The van der Waals surface area contributed by atoms with Crippen molar-refractivity contribution < 1.29 is 9.84 Å². The molecule has 2 nitrogen and oxygen atoms in total. The van der Waals surface area contributed by atoms with Gasteiger partial charge in [-0.3, -0.25) is 0 Å². The number of aliphatic hydroxyl groups excluding tert-OH is 1. The van der Waals surface area contributed by atoms with E-state index in [0.717, 1.165) is 31.4 Å². The van der Waals surface area contributed by atoms with Gasteiger partial charge in [-0.25, -0.2) is 0 Å². The van der Waals surface area contributed by atoms with Gasteiger partial charge < -0.3 is 9.84 Å². The molecule has 84 valence electrons. The summed E-state index contributed by atoms with van der Waals surface area (Å²) in [5.74, 6) is 0.938. The molecule has 1 rings (SSSR count). The van der Waals surface area contributed by atoms with Crippen molar-refractivity contribution in [2.75, 3.05) is 6.61 Å². The molecule has 0 aromatic heterocycles. The summed E-state index contributed by atoms with van der Waals surface area (Å²) in [4.78, 5) is 0. The van der Waals surface area contributed by atoms with Crippen LogP contribution in [0.25, 0.3) is 0 Å². The molecule has 15 heavy (non-hydrogen) atoms. The maximum absolute atomic E-state index is 8.70. The summed E-state index contributed by atoms with van der Waals surface area (Å²) in [5, 5.41) is 8.70. The van der Waals surface area contributed by atoms with Crippen LogP contribution in [0.5, 0.6) is 5.75 Å². The van der Waals surface area contributed by atoms with Crippen LogP contribution in [0.3, 0.4) is 0 Å². The van der Waals surface area contributed by atoms with Crippen molar-refractivity contribution in [3.8, 4) is 5.75 Å². The topological polar surface area (TPSA) is 29.5 Å². The van der Waals surface area contributed by atoms with Crippen molar-refractivity contribution in [1.82, 2.24) is 0 Å². The minimum atomic E-state index is 0.277. The van der Waals surface area contributed by atoms with Crippen LogP contribution in [0.1, 0.15) is 32.6 Å². The first-order chi connectivity index (χ1) is 7.36. The van der Waals surface area contributed by atoms with E-state index < -0.39 is 0 Å². The largest absolute Gasteiger partial charge is 0.490 e. The number of para-hydroxylation sites is 1. The maximum Gasteiger partial charge on any atom is 0.119 e. The van der Waals surface area contributed by atoms with Crippen molar-refractivity contribution in [2.24, 2.45) is 0 Å². The molecule has 1 unspecified atom stereocenters. The highest BCUT2D eigenvalue weighted by Crippen LogP contribution is 2.15. The van der Waals surface area contributed by atoms with E-state index in [-0.39, 0.29) is 12.7 Å². The fourth-order valence-electron chi connectivity index (χ4n) is 1.52. The van der Waals surface area contributed by atoms with Crippen LogP contribution in [-0.2, 0) is 0 Å². The van der Waals surface area contributed by atoms with E-state index in [1.807, 2.05) is 30.3 Å². The predicted octanol–water partition coefficient (Wildman–Crippen LogP) is 3.01. The lowest BCUT2D eigenvalue weighted by Gasteiger charge is -2.17. The summed E-state index contributed by atoms with van der Waals surface area (Å²) in [6, 6.07) is 9.91. The lowest BCUT2D eigenvalue weighted by molar-refractivity contribution is 0.177. The molecule has 0 fully saturated rings. The zero-order valence-electron chi connectivity index (χ0n) is 9.36. The normalized spacial score (nSPS) is 12.4. The number of hydrogen-bond donors (Lipinski definition) is 1. The van der Waals surface area contributed by atoms with E-state index in [4.69, 9.17) is 9.84 Å².